The van der Waals surface area contributed by atoms with Crippen LogP contribution in [-0.2, 0) is 12.8 Å². The van der Waals surface area contributed by atoms with Crippen molar-refractivity contribution in [3.05, 3.63) is 41.2 Å². The zero-order chi connectivity index (χ0) is 9.80. The summed E-state index contributed by atoms with van der Waals surface area (Å²) in [5.74, 6) is 0. The van der Waals surface area contributed by atoms with Crippen molar-refractivity contribution >= 4 is 16.5 Å². The van der Waals surface area contributed by atoms with Crippen LogP contribution >= 0.6 is 11.3 Å². The smallest absolute Gasteiger partial charge is 0.180 e. The highest BCUT2D eigenvalue weighted by molar-refractivity contribution is 7.15. The van der Waals surface area contributed by atoms with Gasteiger partial charge in [-0.05, 0) is 25.0 Å². The van der Waals surface area contributed by atoms with Crippen molar-refractivity contribution in [2.75, 3.05) is 5.73 Å². The molecule has 2 aromatic rings. The maximum Gasteiger partial charge on any atom is 0.180 e. The lowest BCUT2D eigenvalue weighted by Gasteiger charge is -1.96. The summed E-state index contributed by atoms with van der Waals surface area (Å²) in [5.41, 5.74) is 6.65. The van der Waals surface area contributed by atoms with Gasteiger partial charge in [0.1, 0.15) is 0 Å². The highest BCUT2D eigenvalue weighted by atomic mass is 32.1. The second kappa shape index (κ2) is 4.19. The third kappa shape index (κ3) is 2.29. The van der Waals surface area contributed by atoms with E-state index in [1.54, 1.807) is 11.3 Å². The molecule has 0 aliphatic rings. The monoisotopic (exact) mass is 205 g/mol. The van der Waals surface area contributed by atoms with Crippen LogP contribution in [0.15, 0.2) is 30.6 Å². The lowest BCUT2D eigenvalue weighted by atomic mass is 10.2. The SMILES string of the molecule is Nc1ncc(CCc2ccccn2)s1. The van der Waals surface area contributed by atoms with E-state index in [0.29, 0.717) is 5.13 Å². The number of pyridine rings is 1. The van der Waals surface area contributed by atoms with Crippen LogP contribution in [0.4, 0.5) is 5.13 Å². The van der Waals surface area contributed by atoms with Gasteiger partial charge in [0.25, 0.3) is 0 Å². The summed E-state index contributed by atoms with van der Waals surface area (Å²) < 4.78 is 0. The van der Waals surface area contributed by atoms with E-state index in [1.165, 1.54) is 4.88 Å². The zero-order valence-electron chi connectivity index (χ0n) is 7.68. The molecule has 0 amide bonds. The predicted octanol–water partition coefficient (Wildman–Crippen LogP) is 1.91. The molecule has 0 aromatic carbocycles. The maximum absolute atomic E-state index is 5.54. The number of nitrogens with zero attached hydrogens (tertiary/aromatic N) is 2. The van der Waals surface area contributed by atoms with Gasteiger partial charge in [0, 0.05) is 23.0 Å². The topological polar surface area (TPSA) is 51.8 Å². The molecule has 2 rings (SSSR count). The standard InChI is InChI=1S/C10H11N3S/c11-10-13-7-9(14-10)5-4-8-3-1-2-6-12-8/h1-3,6-7H,4-5H2,(H2,11,13). The van der Waals surface area contributed by atoms with Crippen molar-refractivity contribution < 1.29 is 0 Å². The molecule has 0 radical (unpaired) electrons. The van der Waals surface area contributed by atoms with Gasteiger partial charge in [0.15, 0.2) is 5.13 Å². The van der Waals surface area contributed by atoms with Gasteiger partial charge < -0.3 is 5.73 Å². The summed E-state index contributed by atoms with van der Waals surface area (Å²) in [6.07, 6.45) is 5.56. The summed E-state index contributed by atoms with van der Waals surface area (Å²) in [7, 11) is 0. The van der Waals surface area contributed by atoms with Crippen LogP contribution in [0, 0.1) is 0 Å². The predicted molar refractivity (Wildman–Crippen MR) is 58.2 cm³/mol. The Bertz CT molecular complexity index is 397. The van der Waals surface area contributed by atoms with Crippen LogP contribution in [-0.4, -0.2) is 9.97 Å². The van der Waals surface area contributed by atoms with E-state index < -0.39 is 0 Å². The number of aryl methyl sites for hydroxylation is 2. The van der Waals surface area contributed by atoms with Gasteiger partial charge in [0.2, 0.25) is 0 Å². The summed E-state index contributed by atoms with van der Waals surface area (Å²) in [6, 6.07) is 5.96. The van der Waals surface area contributed by atoms with E-state index in [-0.39, 0.29) is 0 Å². The minimum absolute atomic E-state index is 0.640. The van der Waals surface area contributed by atoms with Crippen LogP contribution in [0.5, 0.6) is 0 Å². The van der Waals surface area contributed by atoms with Crippen molar-refractivity contribution in [2.45, 2.75) is 12.8 Å². The fourth-order valence-electron chi connectivity index (χ4n) is 1.24. The van der Waals surface area contributed by atoms with Gasteiger partial charge in [0.05, 0.1) is 0 Å². The number of nitrogens with two attached hydrogens (primary N) is 1. The van der Waals surface area contributed by atoms with Crippen molar-refractivity contribution in [1.82, 2.24) is 9.97 Å². The molecule has 0 spiro atoms. The van der Waals surface area contributed by atoms with Crippen molar-refractivity contribution in [3.8, 4) is 0 Å². The number of hydrogen-bond acceptors (Lipinski definition) is 4. The van der Waals surface area contributed by atoms with Crippen LogP contribution in [0.1, 0.15) is 10.6 Å². The normalized spacial score (nSPS) is 10.3. The average molecular weight is 205 g/mol. The number of nitrogen functional groups attached to an aromatic ring is 1. The molecule has 0 aliphatic heterocycles. The largest absolute Gasteiger partial charge is 0.375 e. The van der Waals surface area contributed by atoms with Crippen LogP contribution < -0.4 is 5.73 Å². The van der Waals surface area contributed by atoms with Gasteiger partial charge in [-0.3, -0.25) is 4.98 Å². The minimum Gasteiger partial charge on any atom is -0.375 e. The Labute approximate surface area is 86.6 Å². The Morgan fingerprint density at radius 2 is 2.14 bits per heavy atom. The Morgan fingerprint density at radius 3 is 2.79 bits per heavy atom. The fourth-order valence-corrected chi connectivity index (χ4v) is 1.92. The minimum atomic E-state index is 0.640. The lowest BCUT2D eigenvalue weighted by Crippen LogP contribution is -1.91. The second-order valence-corrected chi connectivity index (χ2v) is 4.13. The van der Waals surface area contributed by atoms with E-state index in [2.05, 4.69) is 9.97 Å². The highest BCUT2D eigenvalue weighted by Gasteiger charge is 1.99. The fraction of sp³-hybridized carbons (Fsp3) is 0.200. The molecular weight excluding hydrogens is 194 g/mol. The van der Waals surface area contributed by atoms with Crippen molar-refractivity contribution in [3.63, 3.8) is 0 Å². The molecule has 0 fully saturated rings. The molecule has 0 saturated heterocycles. The lowest BCUT2D eigenvalue weighted by molar-refractivity contribution is 0.926. The number of anilines is 1. The van der Waals surface area contributed by atoms with E-state index in [0.717, 1.165) is 18.5 Å². The first-order valence-corrected chi connectivity index (χ1v) is 5.26. The maximum atomic E-state index is 5.54. The molecular formula is C10H11N3S. The summed E-state index contributed by atoms with van der Waals surface area (Å²) >= 11 is 1.55. The van der Waals surface area contributed by atoms with E-state index in [9.17, 15) is 0 Å². The first kappa shape index (κ1) is 9.15. The van der Waals surface area contributed by atoms with Crippen molar-refractivity contribution in [2.24, 2.45) is 0 Å². The second-order valence-electron chi connectivity index (χ2n) is 2.99. The molecule has 0 unspecified atom stereocenters. The van der Waals surface area contributed by atoms with Crippen LogP contribution in [0.2, 0.25) is 0 Å². The molecule has 72 valence electrons. The summed E-state index contributed by atoms with van der Waals surface area (Å²) in [6.45, 7) is 0. The molecule has 2 aromatic heterocycles. The summed E-state index contributed by atoms with van der Waals surface area (Å²) in [5, 5.41) is 0.640. The first-order valence-electron chi connectivity index (χ1n) is 4.44. The molecule has 0 bridgehead atoms. The molecule has 14 heavy (non-hydrogen) atoms. The number of thiazole rings is 1. The van der Waals surface area contributed by atoms with Crippen molar-refractivity contribution in [1.29, 1.82) is 0 Å². The Kier molecular flexibility index (Phi) is 2.74. The van der Waals surface area contributed by atoms with E-state index in [1.807, 2.05) is 30.6 Å². The Balaban J connectivity index is 1.95. The number of rotatable bonds is 3. The quantitative estimate of drug-likeness (QED) is 0.832. The molecule has 0 saturated carbocycles. The van der Waals surface area contributed by atoms with Gasteiger partial charge in [-0.25, -0.2) is 4.98 Å². The van der Waals surface area contributed by atoms with Gasteiger partial charge in [-0.1, -0.05) is 6.07 Å². The molecule has 2 N–H and O–H groups in total. The summed E-state index contributed by atoms with van der Waals surface area (Å²) in [4.78, 5) is 9.47. The number of hydrogen-bond donors (Lipinski definition) is 1. The average Bonchev–Trinajstić information content (AvgIpc) is 2.63. The molecule has 4 heteroatoms. The zero-order valence-corrected chi connectivity index (χ0v) is 8.50. The third-order valence-electron chi connectivity index (χ3n) is 1.93. The molecule has 2 heterocycles. The van der Waals surface area contributed by atoms with E-state index in [4.69, 9.17) is 5.73 Å². The molecule has 0 aliphatic carbocycles. The van der Waals surface area contributed by atoms with Crippen LogP contribution in [0.25, 0.3) is 0 Å². The van der Waals surface area contributed by atoms with Gasteiger partial charge in [-0.15, -0.1) is 11.3 Å². The Morgan fingerprint density at radius 1 is 1.21 bits per heavy atom. The van der Waals surface area contributed by atoms with Crippen LogP contribution in [0.3, 0.4) is 0 Å². The molecule has 0 atom stereocenters. The molecule has 3 nitrogen and oxygen atoms in total. The van der Waals surface area contributed by atoms with Gasteiger partial charge >= 0.3 is 0 Å². The Hall–Kier alpha value is -1.42. The first-order chi connectivity index (χ1) is 6.84. The highest BCUT2D eigenvalue weighted by Crippen LogP contribution is 2.16. The van der Waals surface area contributed by atoms with E-state index >= 15 is 0 Å². The third-order valence-corrected chi connectivity index (χ3v) is 2.81. The number of aromatic nitrogens is 2. The van der Waals surface area contributed by atoms with Gasteiger partial charge in [-0.2, -0.15) is 0 Å².